The molecule has 16 heavy (non-hydrogen) atoms. The second-order valence-corrected chi connectivity index (χ2v) is 3.33. The van der Waals surface area contributed by atoms with E-state index in [-0.39, 0.29) is 12.2 Å². The normalized spacial score (nSPS) is 10.8. The number of halogens is 2. The standard InChI is InChI=1S/C10H10F2N4/c1-6-9(5-13)14-15-16(6)10-3-2-7(11)4-8(10)12/h2-4H,5,13H2,1H3. The fourth-order valence-corrected chi connectivity index (χ4v) is 1.43. The zero-order chi connectivity index (χ0) is 11.7. The van der Waals surface area contributed by atoms with Crippen LogP contribution in [0.5, 0.6) is 0 Å². The predicted molar refractivity (Wildman–Crippen MR) is 53.9 cm³/mol. The smallest absolute Gasteiger partial charge is 0.151 e. The fraction of sp³-hybridized carbons (Fsp3) is 0.200. The van der Waals surface area contributed by atoms with Crippen molar-refractivity contribution in [2.45, 2.75) is 13.5 Å². The summed E-state index contributed by atoms with van der Waals surface area (Å²) < 4.78 is 27.5. The minimum atomic E-state index is -0.684. The third-order valence-electron chi connectivity index (χ3n) is 2.32. The highest BCUT2D eigenvalue weighted by atomic mass is 19.1. The van der Waals surface area contributed by atoms with E-state index in [0.29, 0.717) is 11.4 Å². The molecule has 0 aliphatic rings. The predicted octanol–water partition coefficient (Wildman–Crippen LogP) is 1.31. The maximum Gasteiger partial charge on any atom is 0.151 e. The van der Waals surface area contributed by atoms with E-state index < -0.39 is 11.6 Å². The van der Waals surface area contributed by atoms with E-state index in [4.69, 9.17) is 5.73 Å². The Morgan fingerprint density at radius 1 is 1.38 bits per heavy atom. The molecule has 0 radical (unpaired) electrons. The van der Waals surface area contributed by atoms with Crippen LogP contribution in [0.25, 0.3) is 5.69 Å². The van der Waals surface area contributed by atoms with Gasteiger partial charge in [-0.3, -0.25) is 0 Å². The highest BCUT2D eigenvalue weighted by Crippen LogP contribution is 2.16. The first-order valence-corrected chi connectivity index (χ1v) is 4.70. The minimum Gasteiger partial charge on any atom is -0.325 e. The molecule has 0 bridgehead atoms. The lowest BCUT2D eigenvalue weighted by molar-refractivity contribution is 0.570. The molecule has 0 saturated heterocycles. The van der Waals surface area contributed by atoms with E-state index in [2.05, 4.69) is 10.3 Å². The molecule has 2 rings (SSSR count). The molecule has 0 aliphatic heterocycles. The van der Waals surface area contributed by atoms with Gasteiger partial charge in [-0.1, -0.05) is 5.21 Å². The quantitative estimate of drug-likeness (QED) is 0.836. The zero-order valence-corrected chi connectivity index (χ0v) is 8.61. The van der Waals surface area contributed by atoms with Crippen LogP contribution in [0, 0.1) is 18.6 Å². The van der Waals surface area contributed by atoms with Crippen LogP contribution in [-0.2, 0) is 6.54 Å². The molecule has 0 atom stereocenters. The number of benzene rings is 1. The van der Waals surface area contributed by atoms with Crippen LogP contribution in [0.1, 0.15) is 11.4 Å². The lowest BCUT2D eigenvalue weighted by atomic mass is 10.2. The summed E-state index contributed by atoms with van der Waals surface area (Å²) in [5.41, 5.74) is 6.83. The molecule has 0 unspecified atom stereocenters. The van der Waals surface area contributed by atoms with Gasteiger partial charge in [-0.15, -0.1) is 5.10 Å². The zero-order valence-electron chi connectivity index (χ0n) is 8.61. The van der Waals surface area contributed by atoms with Gasteiger partial charge >= 0.3 is 0 Å². The summed E-state index contributed by atoms with van der Waals surface area (Å²) in [7, 11) is 0. The summed E-state index contributed by atoms with van der Waals surface area (Å²) in [6, 6.07) is 3.28. The molecule has 84 valence electrons. The molecule has 6 heteroatoms. The summed E-state index contributed by atoms with van der Waals surface area (Å²) >= 11 is 0. The Kier molecular flexibility index (Phi) is 2.66. The fourth-order valence-electron chi connectivity index (χ4n) is 1.43. The Bertz CT molecular complexity index is 522. The maximum atomic E-state index is 13.5. The third-order valence-corrected chi connectivity index (χ3v) is 2.32. The Morgan fingerprint density at radius 3 is 2.69 bits per heavy atom. The third kappa shape index (κ3) is 1.67. The van der Waals surface area contributed by atoms with E-state index >= 15 is 0 Å². The summed E-state index contributed by atoms with van der Waals surface area (Å²) in [5.74, 6) is -1.31. The van der Waals surface area contributed by atoms with E-state index in [1.54, 1.807) is 6.92 Å². The van der Waals surface area contributed by atoms with E-state index in [1.807, 2.05) is 0 Å². The largest absolute Gasteiger partial charge is 0.325 e. The van der Waals surface area contributed by atoms with E-state index in [1.165, 1.54) is 16.8 Å². The summed E-state index contributed by atoms with van der Waals surface area (Å²) in [6.45, 7) is 1.96. The van der Waals surface area contributed by atoms with Crippen molar-refractivity contribution in [2.75, 3.05) is 0 Å². The van der Waals surface area contributed by atoms with Crippen molar-refractivity contribution >= 4 is 0 Å². The summed E-state index contributed by atoms with van der Waals surface area (Å²) in [4.78, 5) is 0. The van der Waals surface area contributed by atoms with Gasteiger partial charge < -0.3 is 5.73 Å². The molecule has 0 fully saturated rings. The molecule has 0 amide bonds. The number of nitrogens with two attached hydrogens (primary N) is 1. The second-order valence-electron chi connectivity index (χ2n) is 3.33. The van der Waals surface area contributed by atoms with E-state index in [9.17, 15) is 8.78 Å². The second kappa shape index (κ2) is 3.97. The first-order chi connectivity index (χ1) is 7.63. The monoisotopic (exact) mass is 224 g/mol. The van der Waals surface area contributed by atoms with Crippen LogP contribution in [-0.4, -0.2) is 15.0 Å². The van der Waals surface area contributed by atoms with Crippen LogP contribution in [0.3, 0.4) is 0 Å². The first-order valence-electron chi connectivity index (χ1n) is 4.70. The van der Waals surface area contributed by atoms with Crippen molar-refractivity contribution in [3.8, 4) is 5.69 Å². The number of aromatic nitrogens is 3. The Morgan fingerprint density at radius 2 is 2.12 bits per heavy atom. The first kappa shape index (κ1) is 10.7. The van der Waals surface area contributed by atoms with Crippen molar-refractivity contribution in [3.63, 3.8) is 0 Å². The van der Waals surface area contributed by atoms with E-state index in [0.717, 1.165) is 6.07 Å². The number of rotatable bonds is 2. The van der Waals surface area contributed by atoms with Crippen molar-refractivity contribution < 1.29 is 8.78 Å². The molecule has 1 aromatic carbocycles. The molecule has 0 aliphatic carbocycles. The van der Waals surface area contributed by atoms with Gasteiger partial charge in [0.25, 0.3) is 0 Å². The van der Waals surface area contributed by atoms with Crippen LogP contribution < -0.4 is 5.73 Å². The Hall–Kier alpha value is -1.82. The van der Waals surface area contributed by atoms with Crippen LogP contribution >= 0.6 is 0 Å². The SMILES string of the molecule is Cc1c(CN)nnn1-c1ccc(F)cc1F. The van der Waals surface area contributed by atoms with Gasteiger partial charge in [0.1, 0.15) is 11.5 Å². The van der Waals surface area contributed by atoms with Gasteiger partial charge in [0.2, 0.25) is 0 Å². The van der Waals surface area contributed by atoms with Gasteiger partial charge in [0.15, 0.2) is 5.82 Å². The molecule has 1 heterocycles. The van der Waals surface area contributed by atoms with Crippen molar-refractivity contribution in [1.29, 1.82) is 0 Å². The van der Waals surface area contributed by atoms with Gasteiger partial charge in [-0.2, -0.15) is 0 Å². The summed E-state index contributed by atoms with van der Waals surface area (Å²) in [6.07, 6.45) is 0. The average Bonchev–Trinajstić information content (AvgIpc) is 2.60. The minimum absolute atomic E-state index is 0.158. The molecular weight excluding hydrogens is 214 g/mol. The maximum absolute atomic E-state index is 13.5. The number of hydrogen-bond donors (Lipinski definition) is 1. The summed E-state index contributed by atoms with van der Waals surface area (Å²) in [5, 5.41) is 7.57. The Labute approximate surface area is 90.7 Å². The molecular formula is C10H10F2N4. The van der Waals surface area contributed by atoms with Gasteiger partial charge in [0.05, 0.1) is 11.4 Å². The molecule has 2 N–H and O–H groups in total. The van der Waals surface area contributed by atoms with Gasteiger partial charge in [-0.25, -0.2) is 13.5 Å². The Balaban J connectivity index is 2.54. The highest BCUT2D eigenvalue weighted by Gasteiger charge is 2.12. The average molecular weight is 224 g/mol. The van der Waals surface area contributed by atoms with Crippen LogP contribution in [0.2, 0.25) is 0 Å². The molecule has 2 aromatic rings. The lowest BCUT2D eigenvalue weighted by Gasteiger charge is -2.04. The van der Waals surface area contributed by atoms with Crippen LogP contribution in [0.15, 0.2) is 18.2 Å². The lowest BCUT2D eigenvalue weighted by Crippen LogP contribution is -2.04. The van der Waals surface area contributed by atoms with Gasteiger partial charge in [-0.05, 0) is 19.1 Å². The highest BCUT2D eigenvalue weighted by molar-refractivity contribution is 5.35. The van der Waals surface area contributed by atoms with Crippen molar-refractivity contribution in [2.24, 2.45) is 5.73 Å². The molecule has 0 saturated carbocycles. The van der Waals surface area contributed by atoms with Crippen molar-refractivity contribution in [1.82, 2.24) is 15.0 Å². The van der Waals surface area contributed by atoms with Crippen molar-refractivity contribution in [3.05, 3.63) is 41.2 Å². The number of hydrogen-bond acceptors (Lipinski definition) is 3. The van der Waals surface area contributed by atoms with Gasteiger partial charge in [0, 0.05) is 12.6 Å². The molecule has 1 aromatic heterocycles. The molecule has 0 spiro atoms. The topological polar surface area (TPSA) is 56.7 Å². The van der Waals surface area contributed by atoms with Crippen LogP contribution in [0.4, 0.5) is 8.78 Å². The number of nitrogens with zero attached hydrogens (tertiary/aromatic N) is 3. The molecule has 4 nitrogen and oxygen atoms in total.